The van der Waals surface area contributed by atoms with Crippen LogP contribution in [0, 0.1) is 0 Å². The minimum Gasteiger partial charge on any atom is -0.391 e. The second kappa shape index (κ2) is 6.52. The molecule has 124 valence electrons. The van der Waals surface area contributed by atoms with Crippen molar-refractivity contribution in [2.75, 3.05) is 13.2 Å². The summed E-state index contributed by atoms with van der Waals surface area (Å²) in [6, 6.07) is 14.2. The summed E-state index contributed by atoms with van der Waals surface area (Å²) in [4.78, 5) is 0. The van der Waals surface area contributed by atoms with Crippen molar-refractivity contribution in [3.8, 4) is 0 Å². The molecule has 0 amide bonds. The van der Waals surface area contributed by atoms with Crippen LogP contribution in [0.15, 0.2) is 42.5 Å². The van der Waals surface area contributed by atoms with Crippen molar-refractivity contribution >= 4 is 10.8 Å². The highest BCUT2D eigenvalue weighted by molar-refractivity contribution is 5.82. The average Bonchev–Trinajstić information content (AvgIpc) is 2.79. The molecular weight excluding hydrogens is 298 g/mol. The lowest BCUT2D eigenvalue weighted by atomic mass is 10.1. The lowest BCUT2D eigenvalue weighted by Gasteiger charge is -2.22. The first kappa shape index (κ1) is 16.3. The SMILES string of the molecule is OCC1(O)O[C@@H](CNCc2ccc3ccccc3c2)[C@H](O)[C@@H]1O. The van der Waals surface area contributed by atoms with Gasteiger partial charge in [0.25, 0.3) is 0 Å². The van der Waals surface area contributed by atoms with Gasteiger partial charge in [-0.3, -0.25) is 0 Å². The van der Waals surface area contributed by atoms with Crippen LogP contribution < -0.4 is 5.32 Å². The first-order chi connectivity index (χ1) is 11.0. The summed E-state index contributed by atoms with van der Waals surface area (Å²) in [5, 5.41) is 43.9. The van der Waals surface area contributed by atoms with Crippen molar-refractivity contribution in [1.82, 2.24) is 5.32 Å². The van der Waals surface area contributed by atoms with Gasteiger partial charge in [0.15, 0.2) is 0 Å². The average molecular weight is 319 g/mol. The van der Waals surface area contributed by atoms with Gasteiger partial charge in [0.2, 0.25) is 5.79 Å². The van der Waals surface area contributed by atoms with E-state index >= 15 is 0 Å². The van der Waals surface area contributed by atoms with Gasteiger partial charge in [0.05, 0.1) is 6.61 Å². The lowest BCUT2D eigenvalue weighted by Crippen LogP contribution is -2.46. The number of hydrogen-bond acceptors (Lipinski definition) is 6. The maximum absolute atomic E-state index is 9.88. The summed E-state index contributed by atoms with van der Waals surface area (Å²) in [6.07, 6.45) is -3.57. The molecule has 6 heteroatoms. The van der Waals surface area contributed by atoms with E-state index in [0.29, 0.717) is 6.54 Å². The fraction of sp³-hybridized carbons (Fsp3) is 0.412. The van der Waals surface area contributed by atoms with Crippen LogP contribution in [-0.2, 0) is 11.3 Å². The van der Waals surface area contributed by atoms with Gasteiger partial charge in [-0.05, 0) is 22.4 Å². The topological polar surface area (TPSA) is 102 Å². The zero-order valence-electron chi connectivity index (χ0n) is 12.6. The summed E-state index contributed by atoms with van der Waals surface area (Å²) in [5.41, 5.74) is 1.08. The van der Waals surface area contributed by atoms with E-state index in [1.807, 2.05) is 36.4 Å². The summed E-state index contributed by atoms with van der Waals surface area (Å²) in [6.45, 7) is 0.0326. The van der Waals surface area contributed by atoms with Gasteiger partial charge in [-0.2, -0.15) is 0 Å². The van der Waals surface area contributed by atoms with Crippen LogP contribution in [0.3, 0.4) is 0 Å². The zero-order valence-corrected chi connectivity index (χ0v) is 12.6. The van der Waals surface area contributed by atoms with E-state index in [1.165, 1.54) is 5.39 Å². The van der Waals surface area contributed by atoms with Crippen LogP contribution in [0.2, 0.25) is 0 Å². The molecule has 6 nitrogen and oxygen atoms in total. The van der Waals surface area contributed by atoms with E-state index in [-0.39, 0.29) is 6.54 Å². The monoisotopic (exact) mass is 319 g/mol. The molecule has 0 radical (unpaired) electrons. The van der Waals surface area contributed by atoms with Crippen LogP contribution in [0.5, 0.6) is 0 Å². The molecule has 2 aromatic rings. The zero-order chi connectivity index (χ0) is 16.4. The predicted octanol–water partition coefficient (Wildman–Crippen LogP) is -0.269. The van der Waals surface area contributed by atoms with Gasteiger partial charge >= 0.3 is 0 Å². The molecule has 23 heavy (non-hydrogen) atoms. The van der Waals surface area contributed by atoms with Gasteiger partial charge in [-0.25, -0.2) is 0 Å². The maximum atomic E-state index is 9.88. The van der Waals surface area contributed by atoms with Crippen molar-refractivity contribution in [3.05, 3.63) is 48.0 Å². The Bertz CT molecular complexity index is 679. The second-order valence-electron chi connectivity index (χ2n) is 5.91. The number of aliphatic hydroxyl groups excluding tert-OH is 3. The highest BCUT2D eigenvalue weighted by atomic mass is 16.7. The Labute approximate surface area is 134 Å². The Kier molecular flexibility index (Phi) is 4.63. The summed E-state index contributed by atoms with van der Waals surface area (Å²) < 4.78 is 5.17. The van der Waals surface area contributed by atoms with Gasteiger partial charge in [0, 0.05) is 13.1 Å². The smallest absolute Gasteiger partial charge is 0.219 e. The number of benzene rings is 2. The highest BCUT2D eigenvalue weighted by Crippen LogP contribution is 2.28. The standard InChI is InChI=1S/C17H21NO5/c19-10-17(22)16(21)15(20)14(23-17)9-18-8-11-5-6-12-3-1-2-4-13(12)7-11/h1-7,14-16,18-22H,8-10H2/t14-,15-,16-,17?/m0/s1. The van der Waals surface area contributed by atoms with E-state index < -0.39 is 30.7 Å². The summed E-state index contributed by atoms with van der Waals surface area (Å²) >= 11 is 0. The molecule has 0 aliphatic carbocycles. The number of aliphatic hydroxyl groups is 4. The van der Waals surface area contributed by atoms with Crippen LogP contribution in [0.1, 0.15) is 5.56 Å². The van der Waals surface area contributed by atoms with Crippen molar-refractivity contribution in [2.24, 2.45) is 0 Å². The Hall–Kier alpha value is -1.54. The Morgan fingerprint density at radius 1 is 1.09 bits per heavy atom. The quantitative estimate of drug-likeness (QED) is 0.520. The molecule has 1 heterocycles. The number of hydrogen-bond donors (Lipinski definition) is 5. The molecule has 1 saturated heterocycles. The number of nitrogens with one attached hydrogen (secondary N) is 1. The van der Waals surface area contributed by atoms with Gasteiger partial charge < -0.3 is 30.5 Å². The Balaban J connectivity index is 1.58. The third kappa shape index (κ3) is 3.23. The first-order valence-corrected chi connectivity index (χ1v) is 7.59. The summed E-state index contributed by atoms with van der Waals surface area (Å²) in [5.74, 6) is -2.10. The predicted molar refractivity (Wildman–Crippen MR) is 84.6 cm³/mol. The van der Waals surface area contributed by atoms with Crippen molar-refractivity contribution in [3.63, 3.8) is 0 Å². The molecule has 5 N–H and O–H groups in total. The molecule has 1 unspecified atom stereocenters. The summed E-state index contributed by atoms with van der Waals surface area (Å²) in [7, 11) is 0. The number of fused-ring (bicyclic) bond motifs is 1. The molecule has 0 saturated carbocycles. The van der Waals surface area contributed by atoms with E-state index in [9.17, 15) is 15.3 Å². The lowest BCUT2D eigenvalue weighted by molar-refractivity contribution is -0.245. The highest BCUT2D eigenvalue weighted by Gasteiger charge is 2.52. The molecule has 2 aromatic carbocycles. The van der Waals surface area contributed by atoms with Crippen LogP contribution in [-0.4, -0.2) is 57.7 Å². The third-order valence-electron chi connectivity index (χ3n) is 4.24. The van der Waals surface area contributed by atoms with Crippen molar-refractivity contribution < 1.29 is 25.2 Å². The minimum atomic E-state index is -2.10. The number of ether oxygens (including phenoxy) is 1. The van der Waals surface area contributed by atoms with E-state index in [0.717, 1.165) is 10.9 Å². The fourth-order valence-electron chi connectivity index (χ4n) is 2.87. The van der Waals surface area contributed by atoms with E-state index in [2.05, 4.69) is 11.4 Å². The molecule has 4 atom stereocenters. The Morgan fingerprint density at radius 3 is 2.52 bits per heavy atom. The molecular formula is C17H21NO5. The molecule has 0 spiro atoms. The minimum absolute atomic E-state index is 0.243. The van der Waals surface area contributed by atoms with Crippen molar-refractivity contribution in [1.29, 1.82) is 0 Å². The van der Waals surface area contributed by atoms with E-state index in [1.54, 1.807) is 0 Å². The Morgan fingerprint density at radius 2 is 1.83 bits per heavy atom. The van der Waals surface area contributed by atoms with Gasteiger partial charge in [-0.1, -0.05) is 36.4 Å². The van der Waals surface area contributed by atoms with Crippen LogP contribution >= 0.6 is 0 Å². The molecule has 1 aliphatic rings. The van der Waals surface area contributed by atoms with Crippen molar-refractivity contribution in [2.45, 2.75) is 30.6 Å². The molecule has 1 fully saturated rings. The molecule has 3 rings (SSSR count). The van der Waals surface area contributed by atoms with Crippen LogP contribution in [0.4, 0.5) is 0 Å². The molecule has 0 bridgehead atoms. The largest absolute Gasteiger partial charge is 0.391 e. The third-order valence-corrected chi connectivity index (χ3v) is 4.24. The second-order valence-corrected chi connectivity index (χ2v) is 5.91. The fourth-order valence-corrected chi connectivity index (χ4v) is 2.87. The maximum Gasteiger partial charge on any atom is 0.219 e. The number of rotatable bonds is 5. The van der Waals surface area contributed by atoms with Gasteiger partial charge in [-0.15, -0.1) is 0 Å². The molecule has 0 aromatic heterocycles. The van der Waals surface area contributed by atoms with Gasteiger partial charge in [0.1, 0.15) is 18.3 Å². The van der Waals surface area contributed by atoms with E-state index in [4.69, 9.17) is 9.84 Å². The normalized spacial score (nSPS) is 30.9. The molecule has 1 aliphatic heterocycles. The van der Waals surface area contributed by atoms with Crippen LogP contribution in [0.25, 0.3) is 10.8 Å². The first-order valence-electron chi connectivity index (χ1n) is 7.59.